The molecule has 0 bridgehead atoms. The minimum absolute atomic E-state index is 0.428. The van der Waals surface area contributed by atoms with Gasteiger partial charge in [-0.05, 0) is 40.4 Å². The van der Waals surface area contributed by atoms with Crippen molar-refractivity contribution in [2.45, 2.75) is 5.51 Å². The number of benzene rings is 5. The molecule has 6 rings (SSSR count). The van der Waals surface area contributed by atoms with Crippen LogP contribution in [0.3, 0.4) is 0 Å². The van der Waals surface area contributed by atoms with Gasteiger partial charge in [-0.2, -0.15) is 21.6 Å². The summed E-state index contributed by atoms with van der Waals surface area (Å²) in [4.78, 5) is 9.83. The number of fused-ring (bicyclic) bond motifs is 4. The minimum atomic E-state index is -5.76. The number of hydrogen-bond acceptors (Lipinski definition) is 5. The van der Waals surface area contributed by atoms with Crippen LogP contribution < -0.4 is 4.18 Å². The molecule has 0 fully saturated rings. The predicted octanol–water partition coefficient (Wildman–Crippen LogP) is 7.50. The fourth-order valence-electron chi connectivity index (χ4n) is 4.40. The van der Waals surface area contributed by atoms with Gasteiger partial charge in [0.15, 0.2) is 5.82 Å². The van der Waals surface area contributed by atoms with Gasteiger partial charge in [-0.3, -0.25) is 0 Å². The molecule has 1 heterocycles. The third-order valence-corrected chi connectivity index (χ3v) is 7.18. The molecule has 0 N–H and O–H groups in total. The van der Waals surface area contributed by atoms with E-state index >= 15 is 0 Å². The van der Waals surface area contributed by atoms with Gasteiger partial charge in [-0.1, -0.05) is 78.9 Å². The number of hydrogen-bond donors (Lipinski definition) is 0. The Kier molecular flexibility index (Phi) is 5.53. The largest absolute Gasteiger partial charge is 0.534 e. The summed E-state index contributed by atoms with van der Waals surface area (Å²) in [6, 6.07) is 30.9. The first kappa shape index (κ1) is 23.9. The zero-order valence-electron chi connectivity index (χ0n) is 19.5. The Bertz CT molecular complexity index is 1960. The number of rotatable bonds is 4. The molecule has 0 amide bonds. The van der Waals surface area contributed by atoms with E-state index in [1.54, 1.807) is 18.2 Å². The molecule has 0 saturated heterocycles. The molecule has 5 aromatic carbocycles. The lowest BCUT2D eigenvalue weighted by Crippen LogP contribution is -2.28. The summed E-state index contributed by atoms with van der Waals surface area (Å²) >= 11 is 0. The molecule has 5 nitrogen and oxygen atoms in total. The quantitative estimate of drug-likeness (QED) is 0.134. The van der Waals surface area contributed by atoms with E-state index in [1.165, 1.54) is 18.2 Å². The SMILES string of the molecule is O=S(=O)(Oc1ccc2cc(-c3nc(-c4ccccc4)c4ccc5ccccc5c4n3)ccc2c1)C(F)(F)F. The Morgan fingerprint density at radius 1 is 0.632 bits per heavy atom. The normalized spacial score (nSPS) is 12.3. The van der Waals surface area contributed by atoms with Crippen LogP contribution in [0.2, 0.25) is 0 Å². The molecule has 6 aromatic rings. The molecule has 9 heteroatoms. The Hall–Kier alpha value is -4.50. The number of halogens is 3. The van der Waals surface area contributed by atoms with E-state index in [4.69, 9.17) is 9.97 Å². The van der Waals surface area contributed by atoms with E-state index < -0.39 is 21.4 Å². The van der Waals surface area contributed by atoms with Crippen LogP contribution in [0.4, 0.5) is 13.2 Å². The zero-order valence-corrected chi connectivity index (χ0v) is 20.3. The van der Waals surface area contributed by atoms with Crippen molar-refractivity contribution in [2.75, 3.05) is 0 Å². The van der Waals surface area contributed by atoms with Gasteiger partial charge in [0.1, 0.15) is 5.75 Å². The molecule has 0 saturated carbocycles. The van der Waals surface area contributed by atoms with Crippen LogP contribution in [0.5, 0.6) is 5.75 Å². The smallest absolute Gasteiger partial charge is 0.376 e. The van der Waals surface area contributed by atoms with Crippen LogP contribution in [0.1, 0.15) is 0 Å². The second-order valence-corrected chi connectivity index (χ2v) is 10.2. The average molecular weight is 531 g/mol. The van der Waals surface area contributed by atoms with Crippen molar-refractivity contribution in [3.05, 3.63) is 103 Å². The summed E-state index contributed by atoms with van der Waals surface area (Å²) in [5.74, 6) is 0.0527. The first-order chi connectivity index (χ1) is 18.2. The minimum Gasteiger partial charge on any atom is -0.376 e. The molecule has 0 aliphatic carbocycles. The monoisotopic (exact) mass is 530 g/mol. The summed E-state index contributed by atoms with van der Waals surface area (Å²) in [6.45, 7) is 0. The highest BCUT2D eigenvalue weighted by Gasteiger charge is 2.48. The van der Waals surface area contributed by atoms with Crippen molar-refractivity contribution in [2.24, 2.45) is 0 Å². The molecular formula is C29H17F3N2O3S. The maximum Gasteiger partial charge on any atom is 0.534 e. The fraction of sp³-hybridized carbons (Fsp3) is 0.0345. The molecule has 0 radical (unpaired) electrons. The average Bonchev–Trinajstić information content (AvgIpc) is 2.91. The van der Waals surface area contributed by atoms with Gasteiger partial charge in [0.25, 0.3) is 0 Å². The van der Waals surface area contributed by atoms with Crippen molar-refractivity contribution in [3.63, 3.8) is 0 Å². The van der Waals surface area contributed by atoms with Crippen molar-refractivity contribution in [1.82, 2.24) is 9.97 Å². The highest BCUT2D eigenvalue weighted by atomic mass is 32.2. The van der Waals surface area contributed by atoms with Crippen LogP contribution in [-0.4, -0.2) is 23.9 Å². The van der Waals surface area contributed by atoms with E-state index in [1.807, 2.05) is 66.7 Å². The van der Waals surface area contributed by atoms with Gasteiger partial charge in [-0.25, -0.2) is 9.97 Å². The molecule has 0 aliphatic rings. The second-order valence-electron chi connectivity index (χ2n) is 8.65. The second kappa shape index (κ2) is 8.81. The highest BCUT2D eigenvalue weighted by Crippen LogP contribution is 2.34. The highest BCUT2D eigenvalue weighted by molar-refractivity contribution is 7.88. The summed E-state index contributed by atoms with van der Waals surface area (Å²) < 4.78 is 65.2. The molecule has 38 heavy (non-hydrogen) atoms. The van der Waals surface area contributed by atoms with Gasteiger partial charge < -0.3 is 4.18 Å². The Morgan fingerprint density at radius 3 is 2.11 bits per heavy atom. The fourth-order valence-corrected chi connectivity index (χ4v) is 4.85. The van der Waals surface area contributed by atoms with Crippen molar-refractivity contribution in [3.8, 4) is 28.4 Å². The lowest BCUT2D eigenvalue weighted by atomic mass is 10.0. The summed E-state index contributed by atoms with van der Waals surface area (Å²) in [5.41, 5.74) is -2.31. The summed E-state index contributed by atoms with van der Waals surface area (Å²) in [6.07, 6.45) is 0. The zero-order chi connectivity index (χ0) is 26.5. The Labute approximate surface area is 215 Å². The molecule has 0 unspecified atom stereocenters. The third kappa shape index (κ3) is 4.20. The lowest BCUT2D eigenvalue weighted by Gasteiger charge is -2.12. The first-order valence-electron chi connectivity index (χ1n) is 11.5. The number of alkyl halides is 3. The molecule has 0 atom stereocenters. The van der Waals surface area contributed by atoms with Crippen molar-refractivity contribution >= 4 is 42.6 Å². The van der Waals surface area contributed by atoms with Gasteiger partial charge in [-0.15, -0.1) is 0 Å². The van der Waals surface area contributed by atoms with E-state index in [0.717, 1.165) is 32.9 Å². The van der Waals surface area contributed by atoms with Crippen LogP contribution >= 0.6 is 0 Å². The summed E-state index contributed by atoms with van der Waals surface area (Å²) in [5, 5.41) is 4.09. The Balaban J connectivity index is 1.50. The molecule has 188 valence electrons. The maximum atomic E-state index is 12.7. The standard InChI is InChI=1S/C29H17F3N2O3S/c30-29(31,32)38(35,36)37-23-14-12-20-16-22(11-10-21(20)17-23)28-33-26(19-7-2-1-3-8-19)25-15-13-18-6-4-5-9-24(18)27(25)34-28/h1-17H. The van der Waals surface area contributed by atoms with Gasteiger partial charge in [0, 0.05) is 21.9 Å². The maximum absolute atomic E-state index is 12.7. The van der Waals surface area contributed by atoms with Gasteiger partial charge >= 0.3 is 15.6 Å². The van der Waals surface area contributed by atoms with E-state index in [9.17, 15) is 21.6 Å². The number of aromatic nitrogens is 2. The number of nitrogens with zero attached hydrogens (tertiary/aromatic N) is 2. The van der Waals surface area contributed by atoms with Crippen LogP contribution in [0.15, 0.2) is 103 Å². The first-order valence-corrected chi connectivity index (χ1v) is 12.9. The summed E-state index contributed by atoms with van der Waals surface area (Å²) in [7, 11) is -5.76. The van der Waals surface area contributed by atoms with E-state index in [2.05, 4.69) is 4.18 Å². The third-order valence-electron chi connectivity index (χ3n) is 6.20. The van der Waals surface area contributed by atoms with E-state index in [-0.39, 0.29) is 0 Å². The topological polar surface area (TPSA) is 69.2 Å². The predicted molar refractivity (Wildman–Crippen MR) is 141 cm³/mol. The van der Waals surface area contributed by atoms with Crippen LogP contribution in [0, 0.1) is 0 Å². The molecule has 0 aliphatic heterocycles. The van der Waals surface area contributed by atoms with Gasteiger partial charge in [0.2, 0.25) is 0 Å². The van der Waals surface area contributed by atoms with Crippen LogP contribution in [0.25, 0.3) is 55.1 Å². The molecule has 1 aromatic heterocycles. The molecular weight excluding hydrogens is 513 g/mol. The van der Waals surface area contributed by atoms with Crippen molar-refractivity contribution in [1.29, 1.82) is 0 Å². The van der Waals surface area contributed by atoms with Crippen LogP contribution in [-0.2, 0) is 10.1 Å². The van der Waals surface area contributed by atoms with E-state index in [0.29, 0.717) is 22.2 Å². The van der Waals surface area contributed by atoms with Crippen molar-refractivity contribution < 1.29 is 25.8 Å². The Morgan fingerprint density at radius 2 is 1.32 bits per heavy atom. The van der Waals surface area contributed by atoms with Gasteiger partial charge in [0.05, 0.1) is 11.2 Å². The molecule has 0 spiro atoms. The lowest BCUT2D eigenvalue weighted by molar-refractivity contribution is -0.0500.